The summed E-state index contributed by atoms with van der Waals surface area (Å²) in [4.78, 5) is 12.9. The second-order valence-electron chi connectivity index (χ2n) is 6.11. The Morgan fingerprint density at radius 2 is 2.15 bits per heavy atom. The molecule has 0 radical (unpaired) electrons. The van der Waals surface area contributed by atoms with Crippen molar-refractivity contribution in [1.29, 1.82) is 0 Å². The maximum Gasteiger partial charge on any atom is 0.226 e. The van der Waals surface area contributed by atoms with E-state index in [1.807, 2.05) is 24.3 Å². The third-order valence-corrected chi connectivity index (χ3v) is 5.98. The number of aromatic nitrogens is 4. The number of anilines is 1. The van der Waals surface area contributed by atoms with Crippen LogP contribution in [0, 0.1) is 0 Å². The molecule has 1 saturated heterocycles. The van der Waals surface area contributed by atoms with Crippen LogP contribution in [0.2, 0.25) is 5.28 Å². The standard InChI is InChI=1S/C17H18ClN5O3S/c1-26-11-5-3-2-4-9(11)6-19-14-12-15(22-17(18)21-14)23(8-20-12)16-13(25)10(24)7-27-16/h2-5,8,10,13,16,24-25H,6-7H2,1H3,(H,19,21,22)/t10-,13?,16+/m0/s1. The van der Waals surface area contributed by atoms with Gasteiger partial charge in [0, 0.05) is 17.9 Å². The van der Waals surface area contributed by atoms with E-state index in [1.54, 1.807) is 18.0 Å². The molecule has 10 heteroatoms. The Balaban J connectivity index is 1.66. The highest BCUT2D eigenvalue weighted by Gasteiger charge is 2.36. The minimum Gasteiger partial charge on any atom is -0.496 e. The number of benzene rings is 1. The maximum absolute atomic E-state index is 10.2. The number of rotatable bonds is 5. The summed E-state index contributed by atoms with van der Waals surface area (Å²) in [7, 11) is 1.62. The number of nitrogens with one attached hydrogen (secondary N) is 1. The van der Waals surface area contributed by atoms with E-state index in [1.165, 1.54) is 11.8 Å². The molecule has 0 spiro atoms. The van der Waals surface area contributed by atoms with Gasteiger partial charge < -0.3 is 20.3 Å². The maximum atomic E-state index is 10.2. The van der Waals surface area contributed by atoms with Gasteiger partial charge >= 0.3 is 0 Å². The van der Waals surface area contributed by atoms with Gasteiger partial charge in [-0.1, -0.05) is 18.2 Å². The number of fused-ring (bicyclic) bond motifs is 1. The number of aliphatic hydroxyl groups is 2. The van der Waals surface area contributed by atoms with E-state index in [4.69, 9.17) is 16.3 Å². The van der Waals surface area contributed by atoms with Crippen molar-refractivity contribution >= 4 is 40.3 Å². The lowest BCUT2D eigenvalue weighted by molar-refractivity contribution is 0.0313. The smallest absolute Gasteiger partial charge is 0.226 e. The quantitative estimate of drug-likeness (QED) is 0.552. The molecule has 3 N–H and O–H groups in total. The number of nitrogens with zero attached hydrogens (tertiary/aromatic N) is 4. The molecule has 0 bridgehead atoms. The van der Waals surface area contributed by atoms with E-state index in [2.05, 4.69) is 20.3 Å². The van der Waals surface area contributed by atoms with Crippen LogP contribution in [0.5, 0.6) is 5.75 Å². The molecule has 0 saturated carbocycles. The summed E-state index contributed by atoms with van der Waals surface area (Å²) in [5.74, 6) is 1.71. The molecule has 1 unspecified atom stereocenters. The summed E-state index contributed by atoms with van der Waals surface area (Å²) < 4.78 is 7.09. The van der Waals surface area contributed by atoms with Gasteiger partial charge in [0.05, 0.1) is 19.5 Å². The number of methoxy groups -OCH3 is 1. The number of para-hydroxylation sites is 1. The lowest BCUT2D eigenvalue weighted by Crippen LogP contribution is -2.27. The van der Waals surface area contributed by atoms with E-state index >= 15 is 0 Å². The molecule has 0 aliphatic carbocycles. The number of hydrogen-bond acceptors (Lipinski definition) is 8. The van der Waals surface area contributed by atoms with Gasteiger partial charge in [-0.3, -0.25) is 4.57 Å². The Kier molecular flexibility index (Phi) is 5.09. The summed E-state index contributed by atoms with van der Waals surface area (Å²) in [6.45, 7) is 0.471. The molecule has 1 fully saturated rings. The van der Waals surface area contributed by atoms with Crippen LogP contribution in [-0.4, -0.2) is 54.8 Å². The Morgan fingerprint density at radius 1 is 1.33 bits per heavy atom. The molecule has 1 aliphatic rings. The van der Waals surface area contributed by atoms with E-state index in [-0.39, 0.29) is 10.7 Å². The second-order valence-corrected chi connectivity index (χ2v) is 7.60. The van der Waals surface area contributed by atoms with E-state index < -0.39 is 12.2 Å². The molecule has 3 aromatic rings. The van der Waals surface area contributed by atoms with Crippen LogP contribution in [0.1, 0.15) is 10.9 Å². The van der Waals surface area contributed by atoms with Crippen molar-refractivity contribution in [3.8, 4) is 5.75 Å². The first-order chi connectivity index (χ1) is 13.1. The van der Waals surface area contributed by atoms with Crippen LogP contribution in [0.25, 0.3) is 11.2 Å². The van der Waals surface area contributed by atoms with Gasteiger partial charge in [0.2, 0.25) is 5.28 Å². The predicted molar refractivity (Wildman–Crippen MR) is 104 cm³/mol. The Labute approximate surface area is 164 Å². The predicted octanol–water partition coefficient (Wildman–Crippen LogP) is 2.07. The van der Waals surface area contributed by atoms with Gasteiger partial charge in [0.25, 0.3) is 0 Å². The zero-order valence-electron chi connectivity index (χ0n) is 14.4. The van der Waals surface area contributed by atoms with Gasteiger partial charge in [0.15, 0.2) is 17.0 Å². The lowest BCUT2D eigenvalue weighted by Gasteiger charge is -2.17. The first-order valence-electron chi connectivity index (χ1n) is 8.32. The van der Waals surface area contributed by atoms with Crippen LogP contribution < -0.4 is 10.1 Å². The fraction of sp³-hybridized carbons (Fsp3) is 0.353. The van der Waals surface area contributed by atoms with Crippen LogP contribution in [0.15, 0.2) is 30.6 Å². The molecule has 142 valence electrons. The average molecular weight is 408 g/mol. The number of imidazole rings is 1. The van der Waals surface area contributed by atoms with Crippen molar-refractivity contribution < 1.29 is 14.9 Å². The highest BCUT2D eigenvalue weighted by Crippen LogP contribution is 2.38. The third kappa shape index (κ3) is 3.43. The van der Waals surface area contributed by atoms with Gasteiger partial charge in [-0.2, -0.15) is 9.97 Å². The van der Waals surface area contributed by atoms with E-state index in [0.29, 0.717) is 29.3 Å². The number of halogens is 1. The summed E-state index contributed by atoms with van der Waals surface area (Å²) >= 11 is 7.56. The van der Waals surface area contributed by atoms with Crippen molar-refractivity contribution in [3.05, 3.63) is 41.4 Å². The van der Waals surface area contributed by atoms with Gasteiger partial charge in [-0.15, -0.1) is 11.8 Å². The van der Waals surface area contributed by atoms with Crippen molar-refractivity contribution in [1.82, 2.24) is 19.5 Å². The molecule has 2 aromatic heterocycles. The minimum absolute atomic E-state index is 0.0739. The average Bonchev–Trinajstić information content (AvgIpc) is 3.23. The molecule has 1 aromatic carbocycles. The van der Waals surface area contributed by atoms with Crippen LogP contribution in [0.4, 0.5) is 5.82 Å². The van der Waals surface area contributed by atoms with Crippen LogP contribution in [-0.2, 0) is 6.54 Å². The summed E-state index contributed by atoms with van der Waals surface area (Å²) in [5.41, 5.74) is 2.01. The highest BCUT2D eigenvalue weighted by atomic mass is 35.5. The van der Waals surface area contributed by atoms with Crippen molar-refractivity contribution in [2.75, 3.05) is 18.2 Å². The molecule has 1 aliphatic heterocycles. The first kappa shape index (κ1) is 18.3. The number of ether oxygens (including phenoxy) is 1. The molecule has 3 atom stereocenters. The summed E-state index contributed by atoms with van der Waals surface area (Å²) in [6, 6.07) is 7.68. The fourth-order valence-electron chi connectivity index (χ4n) is 3.06. The van der Waals surface area contributed by atoms with Crippen molar-refractivity contribution in [2.24, 2.45) is 0 Å². The monoisotopic (exact) mass is 407 g/mol. The molecular formula is C17H18ClN5O3S. The van der Waals surface area contributed by atoms with Crippen molar-refractivity contribution in [3.63, 3.8) is 0 Å². The molecule has 27 heavy (non-hydrogen) atoms. The lowest BCUT2D eigenvalue weighted by atomic mass is 10.2. The number of aliphatic hydroxyl groups excluding tert-OH is 2. The highest BCUT2D eigenvalue weighted by molar-refractivity contribution is 7.99. The molecule has 8 nitrogen and oxygen atoms in total. The van der Waals surface area contributed by atoms with E-state index in [9.17, 15) is 10.2 Å². The van der Waals surface area contributed by atoms with E-state index in [0.717, 1.165) is 11.3 Å². The molecule has 4 rings (SSSR count). The topological polar surface area (TPSA) is 105 Å². The number of hydrogen-bond donors (Lipinski definition) is 3. The molecule has 0 amide bonds. The third-order valence-electron chi connectivity index (χ3n) is 4.43. The Morgan fingerprint density at radius 3 is 2.89 bits per heavy atom. The molecule has 3 heterocycles. The van der Waals surface area contributed by atoms with Gasteiger partial charge in [0.1, 0.15) is 17.2 Å². The van der Waals surface area contributed by atoms with Gasteiger partial charge in [-0.25, -0.2) is 4.98 Å². The first-order valence-corrected chi connectivity index (χ1v) is 9.74. The largest absolute Gasteiger partial charge is 0.496 e. The summed E-state index contributed by atoms with van der Waals surface area (Å²) in [5, 5.41) is 23.0. The SMILES string of the molecule is COc1ccccc1CNc1nc(Cl)nc2c1ncn2[C@@H]1SC[C@H](O)C1O. The van der Waals surface area contributed by atoms with Crippen LogP contribution >= 0.6 is 23.4 Å². The summed E-state index contributed by atoms with van der Waals surface area (Å²) in [6.07, 6.45) is -0.0906. The second kappa shape index (κ2) is 7.51. The zero-order valence-corrected chi connectivity index (χ0v) is 16.0. The van der Waals surface area contributed by atoms with Crippen molar-refractivity contribution in [2.45, 2.75) is 24.1 Å². The van der Waals surface area contributed by atoms with Gasteiger partial charge in [-0.05, 0) is 17.7 Å². The normalized spacial score (nSPS) is 22.3. The fourth-order valence-corrected chi connectivity index (χ4v) is 4.51. The Hall–Kier alpha value is -2.07. The zero-order chi connectivity index (χ0) is 19.0. The molecular weight excluding hydrogens is 390 g/mol. The minimum atomic E-state index is -0.897. The number of thioether (sulfide) groups is 1. The Bertz CT molecular complexity index is 969. The van der Waals surface area contributed by atoms with Crippen LogP contribution in [0.3, 0.4) is 0 Å².